The highest BCUT2D eigenvalue weighted by molar-refractivity contribution is 5.85. The average Bonchev–Trinajstić information content (AvgIpc) is 2.70. The highest BCUT2D eigenvalue weighted by Crippen LogP contribution is 2.61. The number of carbonyl (C=O) groups is 1. The molecule has 0 aromatic heterocycles. The zero-order chi connectivity index (χ0) is 12.3. The first-order valence-electron chi connectivity index (χ1n) is 7.71. The molecule has 18 heavy (non-hydrogen) atoms. The van der Waals surface area contributed by atoms with Gasteiger partial charge >= 0.3 is 0 Å². The second-order valence-corrected chi connectivity index (χ2v) is 7.32. The molecular formula is C15H24N2O. The molecular weight excluding hydrogens is 224 g/mol. The summed E-state index contributed by atoms with van der Waals surface area (Å²) in [5, 5.41) is 3.05. The molecule has 5 fully saturated rings. The van der Waals surface area contributed by atoms with E-state index in [1.54, 1.807) is 0 Å². The van der Waals surface area contributed by atoms with Crippen LogP contribution in [-0.4, -0.2) is 19.0 Å². The Bertz CT molecular complexity index is 353. The first-order chi connectivity index (χ1) is 8.73. The molecule has 1 amide bonds. The molecule has 5 rings (SSSR count). The Balaban J connectivity index is 1.70. The van der Waals surface area contributed by atoms with Gasteiger partial charge in [-0.2, -0.15) is 0 Å². The van der Waals surface area contributed by atoms with Gasteiger partial charge in [-0.1, -0.05) is 0 Å². The lowest BCUT2D eigenvalue weighted by Crippen LogP contribution is -2.56. The van der Waals surface area contributed by atoms with E-state index in [1.807, 2.05) is 0 Å². The van der Waals surface area contributed by atoms with Gasteiger partial charge in [0, 0.05) is 13.1 Å². The van der Waals surface area contributed by atoms with Gasteiger partial charge in [-0.05, 0) is 68.1 Å². The third-order valence-corrected chi connectivity index (χ3v) is 6.54. The molecule has 5 aliphatic rings. The summed E-state index contributed by atoms with van der Waals surface area (Å²) >= 11 is 0. The molecule has 1 atom stereocenters. The lowest BCUT2D eigenvalue weighted by molar-refractivity contribution is -0.143. The van der Waals surface area contributed by atoms with Gasteiger partial charge in [-0.25, -0.2) is 0 Å². The molecule has 3 nitrogen and oxygen atoms in total. The predicted molar refractivity (Wildman–Crippen MR) is 69.6 cm³/mol. The summed E-state index contributed by atoms with van der Waals surface area (Å²) in [7, 11) is 0. The van der Waals surface area contributed by atoms with Crippen molar-refractivity contribution >= 4 is 5.91 Å². The van der Waals surface area contributed by atoms with Crippen molar-refractivity contribution in [1.82, 2.24) is 5.32 Å². The van der Waals surface area contributed by atoms with Gasteiger partial charge in [0.25, 0.3) is 0 Å². The van der Waals surface area contributed by atoms with E-state index in [0.717, 1.165) is 36.6 Å². The van der Waals surface area contributed by atoms with Gasteiger partial charge in [-0.3, -0.25) is 4.79 Å². The minimum atomic E-state index is -0.206. The monoisotopic (exact) mass is 248 g/mol. The maximum atomic E-state index is 12.4. The maximum absolute atomic E-state index is 12.4. The zero-order valence-corrected chi connectivity index (χ0v) is 11.0. The molecule has 0 aromatic rings. The van der Waals surface area contributed by atoms with E-state index in [2.05, 4.69) is 5.32 Å². The van der Waals surface area contributed by atoms with Crippen molar-refractivity contribution in [2.75, 3.05) is 13.1 Å². The van der Waals surface area contributed by atoms with Crippen LogP contribution in [0, 0.1) is 35.0 Å². The molecule has 100 valence electrons. The third-order valence-electron chi connectivity index (χ3n) is 6.54. The number of hydrogen-bond acceptors (Lipinski definition) is 2. The van der Waals surface area contributed by atoms with E-state index in [0.29, 0.717) is 12.5 Å². The number of rotatable bonds is 2. The molecule has 0 spiro atoms. The normalized spacial score (nSPS) is 53.8. The first-order valence-corrected chi connectivity index (χ1v) is 7.71. The Hall–Kier alpha value is -0.570. The molecule has 4 saturated carbocycles. The molecule has 0 aromatic carbocycles. The van der Waals surface area contributed by atoms with Crippen LogP contribution in [0.2, 0.25) is 0 Å². The third kappa shape index (κ3) is 1.31. The minimum Gasteiger partial charge on any atom is -0.356 e. The number of carbonyl (C=O) groups excluding carboxylic acids is 1. The molecule has 3 heteroatoms. The summed E-state index contributed by atoms with van der Waals surface area (Å²) in [5.74, 6) is 4.41. The largest absolute Gasteiger partial charge is 0.356 e. The van der Waals surface area contributed by atoms with Crippen molar-refractivity contribution in [2.24, 2.45) is 40.7 Å². The number of nitrogens with two attached hydrogens (primary N) is 1. The van der Waals surface area contributed by atoms with Crippen molar-refractivity contribution in [1.29, 1.82) is 0 Å². The smallest absolute Gasteiger partial charge is 0.227 e. The van der Waals surface area contributed by atoms with Gasteiger partial charge in [0.05, 0.1) is 5.41 Å². The molecule has 1 saturated heterocycles. The van der Waals surface area contributed by atoms with Crippen molar-refractivity contribution < 1.29 is 4.79 Å². The number of amides is 1. The van der Waals surface area contributed by atoms with E-state index in [4.69, 9.17) is 5.73 Å². The second kappa shape index (κ2) is 3.72. The van der Waals surface area contributed by atoms with Gasteiger partial charge in [0.15, 0.2) is 0 Å². The molecule has 1 heterocycles. The quantitative estimate of drug-likeness (QED) is 0.778. The van der Waals surface area contributed by atoms with Crippen molar-refractivity contribution in [3.05, 3.63) is 0 Å². The van der Waals surface area contributed by atoms with Crippen molar-refractivity contribution in [2.45, 2.75) is 38.5 Å². The minimum absolute atomic E-state index is 0.206. The summed E-state index contributed by atoms with van der Waals surface area (Å²) in [6, 6.07) is 0. The van der Waals surface area contributed by atoms with Crippen LogP contribution in [0.1, 0.15) is 38.5 Å². The van der Waals surface area contributed by atoms with Crippen LogP contribution < -0.4 is 11.1 Å². The standard InChI is InChI=1S/C15H24N2O/c16-8-15(1-2-17-14(15)18)13-11-4-9-3-10(6-11)7-12(13)5-9/h9-13H,1-8,16H2,(H,17,18). The van der Waals surface area contributed by atoms with E-state index >= 15 is 0 Å². The molecule has 0 radical (unpaired) electrons. The number of nitrogens with one attached hydrogen (secondary N) is 1. The Labute approximate surface area is 109 Å². The van der Waals surface area contributed by atoms with Crippen LogP contribution in [0.15, 0.2) is 0 Å². The van der Waals surface area contributed by atoms with Crippen LogP contribution in [0.3, 0.4) is 0 Å². The second-order valence-electron chi connectivity index (χ2n) is 7.32. The number of hydrogen-bond donors (Lipinski definition) is 2. The van der Waals surface area contributed by atoms with Gasteiger partial charge in [0.1, 0.15) is 0 Å². The van der Waals surface area contributed by atoms with Gasteiger partial charge in [-0.15, -0.1) is 0 Å². The van der Waals surface area contributed by atoms with Crippen LogP contribution in [0.5, 0.6) is 0 Å². The van der Waals surface area contributed by atoms with Crippen LogP contribution >= 0.6 is 0 Å². The van der Waals surface area contributed by atoms with E-state index in [-0.39, 0.29) is 11.3 Å². The highest BCUT2D eigenvalue weighted by atomic mass is 16.2. The Morgan fingerprint density at radius 3 is 2.17 bits per heavy atom. The molecule has 1 unspecified atom stereocenters. The van der Waals surface area contributed by atoms with Gasteiger partial charge < -0.3 is 11.1 Å². The lowest BCUT2D eigenvalue weighted by Gasteiger charge is -2.58. The average molecular weight is 248 g/mol. The van der Waals surface area contributed by atoms with E-state index < -0.39 is 0 Å². The molecule has 3 N–H and O–H groups in total. The Morgan fingerprint density at radius 2 is 1.72 bits per heavy atom. The van der Waals surface area contributed by atoms with Gasteiger partial charge in [0.2, 0.25) is 5.91 Å². The molecule has 4 aliphatic carbocycles. The SMILES string of the molecule is NCC1(C2C3CC4CC(C3)CC2C4)CCNC1=O. The van der Waals surface area contributed by atoms with Crippen LogP contribution in [0.25, 0.3) is 0 Å². The zero-order valence-electron chi connectivity index (χ0n) is 11.0. The fourth-order valence-corrected chi connectivity index (χ4v) is 6.17. The van der Waals surface area contributed by atoms with Crippen molar-refractivity contribution in [3.63, 3.8) is 0 Å². The fourth-order valence-electron chi connectivity index (χ4n) is 6.17. The van der Waals surface area contributed by atoms with Crippen LogP contribution in [0.4, 0.5) is 0 Å². The highest BCUT2D eigenvalue weighted by Gasteiger charge is 2.58. The Morgan fingerprint density at radius 1 is 1.11 bits per heavy atom. The van der Waals surface area contributed by atoms with E-state index in [9.17, 15) is 4.79 Å². The summed E-state index contributed by atoms with van der Waals surface area (Å²) in [4.78, 5) is 12.4. The van der Waals surface area contributed by atoms with E-state index in [1.165, 1.54) is 32.1 Å². The summed E-state index contributed by atoms with van der Waals surface area (Å²) in [6.07, 6.45) is 7.98. The maximum Gasteiger partial charge on any atom is 0.227 e. The Kier molecular flexibility index (Phi) is 2.33. The predicted octanol–water partition coefficient (Wildman–Crippen LogP) is 1.52. The van der Waals surface area contributed by atoms with Crippen LogP contribution in [-0.2, 0) is 4.79 Å². The fraction of sp³-hybridized carbons (Fsp3) is 0.933. The summed E-state index contributed by atoms with van der Waals surface area (Å²) < 4.78 is 0. The lowest BCUT2D eigenvalue weighted by atomic mass is 9.46. The molecule has 1 aliphatic heterocycles. The topological polar surface area (TPSA) is 55.1 Å². The summed E-state index contributed by atoms with van der Waals surface area (Å²) in [5.41, 5.74) is 5.87. The van der Waals surface area contributed by atoms with Crippen molar-refractivity contribution in [3.8, 4) is 0 Å². The molecule has 4 bridgehead atoms. The first kappa shape index (κ1) is 11.3. The summed E-state index contributed by atoms with van der Waals surface area (Å²) in [6.45, 7) is 1.41.